The summed E-state index contributed by atoms with van der Waals surface area (Å²) >= 11 is 1.74. The van der Waals surface area contributed by atoms with Gasteiger partial charge in [-0.15, -0.1) is 11.3 Å². The lowest BCUT2D eigenvalue weighted by molar-refractivity contribution is -0.123. The summed E-state index contributed by atoms with van der Waals surface area (Å²) in [6.45, 7) is 4.10. The molecule has 2 aromatic carbocycles. The number of hydrogen-bond donors (Lipinski definition) is 0. The Hall–Kier alpha value is -2.77. The number of carbonyl (C=O) groups is 2. The van der Waals surface area contributed by atoms with Crippen LogP contribution in [-0.2, 0) is 9.59 Å². The first-order chi connectivity index (χ1) is 15.1. The normalized spacial score (nSPS) is 22.4. The van der Waals surface area contributed by atoms with E-state index in [-0.39, 0.29) is 18.2 Å². The van der Waals surface area contributed by atoms with Gasteiger partial charge in [0.1, 0.15) is 5.75 Å². The van der Waals surface area contributed by atoms with Crippen molar-refractivity contribution in [1.82, 2.24) is 9.88 Å². The van der Waals surface area contributed by atoms with Gasteiger partial charge in [-0.2, -0.15) is 0 Å². The maximum atomic E-state index is 13.2. The van der Waals surface area contributed by atoms with Crippen LogP contribution in [0, 0.1) is 0 Å². The number of benzene rings is 2. The Morgan fingerprint density at radius 2 is 1.94 bits per heavy atom. The number of imide groups is 1. The molecule has 3 heterocycles. The molecule has 0 aliphatic carbocycles. The lowest BCUT2D eigenvalue weighted by Gasteiger charge is -2.34. The van der Waals surface area contributed by atoms with Gasteiger partial charge in [0.05, 0.1) is 40.0 Å². The molecule has 2 aliphatic heterocycles. The highest BCUT2D eigenvalue weighted by molar-refractivity contribution is 7.18. The molecule has 0 radical (unpaired) electrons. The standard InChI is InChI=1S/C24H25N3O3S/c1-2-30-18-11-9-17(10-12-18)27-22(28)14-20(24(27)29)26-13-5-6-16(15-26)23-25-19-7-3-4-8-21(19)31-23/h3-4,7-12,16,20H,2,5-6,13-15H2,1H3. The number of hydrogen-bond acceptors (Lipinski definition) is 6. The van der Waals surface area contributed by atoms with Crippen LogP contribution in [0.2, 0.25) is 0 Å². The molecule has 0 saturated carbocycles. The van der Waals surface area contributed by atoms with Gasteiger partial charge < -0.3 is 4.74 Å². The molecule has 2 amide bonds. The van der Waals surface area contributed by atoms with Crippen molar-refractivity contribution in [3.63, 3.8) is 0 Å². The predicted molar refractivity (Wildman–Crippen MR) is 122 cm³/mol. The third kappa shape index (κ3) is 3.83. The highest BCUT2D eigenvalue weighted by Gasteiger charge is 2.44. The van der Waals surface area contributed by atoms with Crippen molar-refractivity contribution < 1.29 is 14.3 Å². The number of piperidine rings is 1. The van der Waals surface area contributed by atoms with Crippen LogP contribution in [0.5, 0.6) is 5.75 Å². The van der Waals surface area contributed by atoms with Crippen molar-refractivity contribution >= 4 is 39.1 Å². The van der Waals surface area contributed by atoms with Crippen LogP contribution in [-0.4, -0.2) is 47.4 Å². The molecule has 2 saturated heterocycles. The Kier molecular flexibility index (Phi) is 5.46. The van der Waals surface area contributed by atoms with Crippen LogP contribution in [0.3, 0.4) is 0 Å². The maximum Gasteiger partial charge on any atom is 0.251 e. The minimum Gasteiger partial charge on any atom is -0.494 e. The fourth-order valence-corrected chi connectivity index (χ4v) is 5.68. The molecular formula is C24H25N3O3S. The molecule has 5 rings (SSSR count). The summed E-state index contributed by atoms with van der Waals surface area (Å²) in [7, 11) is 0. The molecule has 2 atom stereocenters. The third-order valence-electron chi connectivity index (χ3n) is 6.08. The molecule has 1 aromatic heterocycles. The number of thiazole rings is 1. The van der Waals surface area contributed by atoms with Crippen LogP contribution in [0.25, 0.3) is 10.2 Å². The maximum absolute atomic E-state index is 13.2. The zero-order valence-corrected chi connectivity index (χ0v) is 18.3. The van der Waals surface area contributed by atoms with Crippen LogP contribution in [0.1, 0.15) is 37.1 Å². The van der Waals surface area contributed by atoms with Crippen molar-refractivity contribution in [1.29, 1.82) is 0 Å². The summed E-state index contributed by atoms with van der Waals surface area (Å²) in [5, 5.41) is 1.13. The molecule has 2 fully saturated rings. The van der Waals surface area contributed by atoms with Crippen molar-refractivity contribution in [3.8, 4) is 5.75 Å². The summed E-state index contributed by atoms with van der Waals surface area (Å²) in [6, 6.07) is 15.0. The quantitative estimate of drug-likeness (QED) is 0.562. The SMILES string of the molecule is CCOc1ccc(N2C(=O)CC(N3CCCC(c4nc5ccccc5s4)C3)C2=O)cc1. The Morgan fingerprint density at radius 1 is 1.13 bits per heavy atom. The lowest BCUT2D eigenvalue weighted by Crippen LogP contribution is -2.46. The van der Waals surface area contributed by atoms with Crippen molar-refractivity contribution in [2.45, 2.75) is 38.1 Å². The van der Waals surface area contributed by atoms with Crippen LogP contribution >= 0.6 is 11.3 Å². The fraction of sp³-hybridized carbons (Fsp3) is 0.375. The number of ether oxygens (including phenoxy) is 1. The van der Waals surface area contributed by atoms with Gasteiger partial charge in [0.15, 0.2) is 0 Å². The summed E-state index contributed by atoms with van der Waals surface area (Å²) < 4.78 is 6.67. The number of rotatable bonds is 5. The van der Waals surface area contributed by atoms with E-state index in [4.69, 9.17) is 9.72 Å². The van der Waals surface area contributed by atoms with E-state index in [0.29, 0.717) is 18.2 Å². The number of aromatic nitrogens is 1. The molecule has 0 bridgehead atoms. The van der Waals surface area contributed by atoms with Crippen LogP contribution in [0.15, 0.2) is 48.5 Å². The summed E-state index contributed by atoms with van der Waals surface area (Å²) in [6.07, 6.45) is 2.30. The smallest absolute Gasteiger partial charge is 0.251 e. The third-order valence-corrected chi connectivity index (χ3v) is 7.28. The monoisotopic (exact) mass is 435 g/mol. The van der Waals surface area contributed by atoms with Gasteiger partial charge in [0, 0.05) is 12.5 Å². The van der Waals surface area contributed by atoms with Gasteiger partial charge >= 0.3 is 0 Å². The number of nitrogens with zero attached hydrogens (tertiary/aromatic N) is 3. The van der Waals surface area contributed by atoms with E-state index in [1.807, 2.05) is 25.1 Å². The Labute approximate surface area is 185 Å². The van der Waals surface area contributed by atoms with Gasteiger partial charge in [0.2, 0.25) is 5.91 Å². The molecule has 0 spiro atoms. The van der Waals surface area contributed by atoms with E-state index in [0.717, 1.165) is 42.2 Å². The van der Waals surface area contributed by atoms with E-state index >= 15 is 0 Å². The molecule has 7 heteroatoms. The van der Waals surface area contributed by atoms with E-state index in [1.165, 1.54) is 9.60 Å². The van der Waals surface area contributed by atoms with Gasteiger partial charge in [-0.3, -0.25) is 14.5 Å². The average Bonchev–Trinajstić information content (AvgIpc) is 3.35. The summed E-state index contributed by atoms with van der Waals surface area (Å²) in [5.41, 5.74) is 1.65. The topological polar surface area (TPSA) is 62.7 Å². The van der Waals surface area contributed by atoms with Crippen molar-refractivity contribution in [2.75, 3.05) is 24.6 Å². The zero-order chi connectivity index (χ0) is 21.4. The second-order valence-electron chi connectivity index (χ2n) is 8.07. The first-order valence-electron chi connectivity index (χ1n) is 10.8. The number of fused-ring (bicyclic) bond motifs is 1. The molecule has 3 aromatic rings. The van der Waals surface area contributed by atoms with E-state index < -0.39 is 6.04 Å². The molecule has 0 N–H and O–H groups in total. The molecule has 2 aliphatic rings. The predicted octanol–water partition coefficient (Wildman–Crippen LogP) is 4.21. The minimum absolute atomic E-state index is 0.126. The van der Waals surface area contributed by atoms with Crippen molar-refractivity contribution in [3.05, 3.63) is 53.5 Å². The van der Waals surface area contributed by atoms with Gasteiger partial charge in [0.25, 0.3) is 5.91 Å². The number of carbonyl (C=O) groups excluding carboxylic acids is 2. The molecule has 160 valence electrons. The van der Waals surface area contributed by atoms with E-state index in [2.05, 4.69) is 11.0 Å². The zero-order valence-electron chi connectivity index (χ0n) is 17.5. The molecule has 2 unspecified atom stereocenters. The summed E-state index contributed by atoms with van der Waals surface area (Å²) in [4.78, 5) is 34.3. The Bertz CT molecular complexity index is 1080. The number of para-hydroxylation sites is 1. The summed E-state index contributed by atoms with van der Waals surface area (Å²) in [5.74, 6) is 0.769. The second-order valence-corrected chi connectivity index (χ2v) is 9.13. The van der Waals surface area contributed by atoms with E-state index in [9.17, 15) is 9.59 Å². The van der Waals surface area contributed by atoms with Crippen LogP contribution < -0.4 is 9.64 Å². The molecular weight excluding hydrogens is 410 g/mol. The largest absolute Gasteiger partial charge is 0.494 e. The second kappa shape index (κ2) is 8.40. The number of anilines is 1. The van der Waals surface area contributed by atoms with Gasteiger partial charge in [-0.05, 0) is 62.7 Å². The fourth-order valence-electron chi connectivity index (χ4n) is 4.59. The highest BCUT2D eigenvalue weighted by Crippen LogP contribution is 2.35. The Balaban J connectivity index is 1.32. The molecule has 6 nitrogen and oxygen atoms in total. The first-order valence-corrected chi connectivity index (χ1v) is 11.6. The van der Waals surface area contributed by atoms with Crippen LogP contribution in [0.4, 0.5) is 5.69 Å². The number of amides is 2. The first kappa shape index (κ1) is 20.2. The van der Waals surface area contributed by atoms with Crippen molar-refractivity contribution in [2.24, 2.45) is 0 Å². The average molecular weight is 436 g/mol. The van der Waals surface area contributed by atoms with Gasteiger partial charge in [-0.1, -0.05) is 12.1 Å². The van der Waals surface area contributed by atoms with E-state index in [1.54, 1.807) is 35.6 Å². The highest BCUT2D eigenvalue weighted by atomic mass is 32.1. The Morgan fingerprint density at radius 3 is 2.71 bits per heavy atom. The minimum atomic E-state index is -0.392. The lowest BCUT2D eigenvalue weighted by atomic mass is 9.97. The van der Waals surface area contributed by atoms with Gasteiger partial charge in [-0.25, -0.2) is 9.88 Å². The number of likely N-dealkylation sites (tertiary alicyclic amines) is 1. The molecule has 31 heavy (non-hydrogen) atoms.